The fourth-order valence-electron chi connectivity index (χ4n) is 1.61. The van der Waals surface area contributed by atoms with Gasteiger partial charge in [0.15, 0.2) is 0 Å². The van der Waals surface area contributed by atoms with Crippen molar-refractivity contribution in [3.63, 3.8) is 0 Å². The Hall–Kier alpha value is -2.25. The van der Waals surface area contributed by atoms with Crippen molar-refractivity contribution in [2.45, 2.75) is 6.18 Å². The number of aromatic amines is 1. The first kappa shape index (κ1) is 13.2. The summed E-state index contributed by atoms with van der Waals surface area (Å²) in [6, 6.07) is 2.93. The molecule has 5 nitrogen and oxygen atoms in total. The summed E-state index contributed by atoms with van der Waals surface area (Å²) in [6.45, 7) is -1.42. The summed E-state index contributed by atoms with van der Waals surface area (Å²) >= 11 is 0. The number of aromatic nitrogens is 2. The Morgan fingerprint density at radius 1 is 1.47 bits per heavy atom. The highest BCUT2D eigenvalue weighted by Crippen LogP contribution is 2.14. The quantitative estimate of drug-likeness (QED) is 0.862. The lowest BCUT2D eigenvalue weighted by atomic mass is 10.3. The van der Waals surface area contributed by atoms with Crippen LogP contribution in [-0.4, -0.2) is 28.2 Å². The molecule has 2 N–H and O–H groups in total. The van der Waals surface area contributed by atoms with Gasteiger partial charge in [-0.05, 0) is 12.1 Å². The van der Waals surface area contributed by atoms with Gasteiger partial charge in [-0.1, -0.05) is 0 Å². The third kappa shape index (κ3) is 2.78. The number of aryl methyl sites for hydroxylation is 1. The lowest BCUT2D eigenvalue weighted by molar-refractivity contribution is -0.123. The summed E-state index contributed by atoms with van der Waals surface area (Å²) < 4.78 is 37.2. The van der Waals surface area contributed by atoms with Gasteiger partial charge in [0, 0.05) is 18.6 Å². The van der Waals surface area contributed by atoms with Gasteiger partial charge in [0.25, 0.3) is 11.5 Å². The number of fused-ring (bicyclic) bond motifs is 1. The monoisotopic (exact) mass is 273 g/mol. The van der Waals surface area contributed by atoms with Crippen LogP contribution in [0, 0.1) is 0 Å². The van der Waals surface area contributed by atoms with Crippen molar-refractivity contribution in [1.82, 2.24) is 14.9 Å². The van der Waals surface area contributed by atoms with E-state index in [0.29, 0.717) is 5.39 Å². The average molecular weight is 273 g/mol. The van der Waals surface area contributed by atoms with Gasteiger partial charge in [-0.25, -0.2) is 0 Å². The molecule has 2 rings (SSSR count). The number of rotatable bonds is 2. The number of H-pyrrole nitrogens is 1. The highest BCUT2D eigenvalue weighted by atomic mass is 19.4. The maximum Gasteiger partial charge on any atom is 0.405 e. The van der Waals surface area contributed by atoms with Crippen molar-refractivity contribution < 1.29 is 18.0 Å². The Kier molecular flexibility index (Phi) is 3.09. The lowest BCUT2D eigenvalue weighted by Gasteiger charge is -2.06. The number of nitrogens with zero attached hydrogens (tertiary/aromatic N) is 1. The van der Waals surface area contributed by atoms with Crippen molar-refractivity contribution in [3.8, 4) is 0 Å². The van der Waals surface area contributed by atoms with Crippen LogP contribution in [0.15, 0.2) is 23.1 Å². The van der Waals surface area contributed by atoms with Crippen LogP contribution in [0.2, 0.25) is 0 Å². The van der Waals surface area contributed by atoms with Crippen LogP contribution in [0.3, 0.4) is 0 Å². The first-order valence-electron chi connectivity index (χ1n) is 5.31. The molecule has 0 saturated heterocycles. The van der Waals surface area contributed by atoms with Crippen LogP contribution >= 0.6 is 0 Å². The zero-order valence-electron chi connectivity index (χ0n) is 9.84. The number of hydrogen-bond acceptors (Lipinski definition) is 2. The Morgan fingerprint density at radius 3 is 2.79 bits per heavy atom. The molecule has 0 aliphatic carbocycles. The molecule has 102 valence electrons. The second-order valence-electron chi connectivity index (χ2n) is 4.04. The van der Waals surface area contributed by atoms with Gasteiger partial charge >= 0.3 is 6.18 Å². The molecule has 1 amide bonds. The number of amides is 1. The van der Waals surface area contributed by atoms with E-state index in [2.05, 4.69) is 4.98 Å². The third-order valence-electron chi connectivity index (χ3n) is 2.55. The van der Waals surface area contributed by atoms with Crippen LogP contribution in [-0.2, 0) is 7.05 Å². The van der Waals surface area contributed by atoms with Crippen molar-refractivity contribution in [2.75, 3.05) is 6.54 Å². The number of nitrogens with one attached hydrogen (secondary N) is 2. The number of alkyl halides is 3. The summed E-state index contributed by atoms with van der Waals surface area (Å²) in [4.78, 5) is 25.7. The molecular weight excluding hydrogens is 263 g/mol. The second-order valence-corrected chi connectivity index (χ2v) is 4.04. The molecule has 0 bridgehead atoms. The van der Waals surface area contributed by atoms with E-state index in [4.69, 9.17) is 0 Å². The summed E-state index contributed by atoms with van der Waals surface area (Å²) in [5.74, 6) is -0.907. The molecule has 2 aromatic rings. The largest absolute Gasteiger partial charge is 0.405 e. The minimum Gasteiger partial charge on any atom is -0.346 e. The Morgan fingerprint density at radius 2 is 2.16 bits per heavy atom. The number of carbonyl (C=O) groups excluding carboxylic acids is 1. The molecule has 2 aromatic heterocycles. The van der Waals surface area contributed by atoms with Crippen molar-refractivity contribution in [1.29, 1.82) is 0 Å². The fraction of sp³-hybridized carbons (Fsp3) is 0.273. The van der Waals surface area contributed by atoms with Gasteiger partial charge in [-0.15, -0.1) is 0 Å². The second kappa shape index (κ2) is 4.45. The van der Waals surface area contributed by atoms with Crippen LogP contribution in [0.5, 0.6) is 0 Å². The summed E-state index contributed by atoms with van der Waals surface area (Å²) in [7, 11) is 1.53. The standard InChI is InChI=1S/C11H10F3N3O2/c1-17-3-2-6-4-7(16-8(6)10(17)19)9(18)15-5-11(12,13)14/h2-4,16H,5H2,1H3,(H,15,18). The van der Waals surface area contributed by atoms with Gasteiger partial charge in [0.1, 0.15) is 17.8 Å². The maximum absolute atomic E-state index is 12.0. The average Bonchev–Trinajstić information content (AvgIpc) is 2.75. The third-order valence-corrected chi connectivity index (χ3v) is 2.55. The van der Waals surface area contributed by atoms with Crippen LogP contribution in [0.1, 0.15) is 10.5 Å². The molecular formula is C11H10F3N3O2. The van der Waals surface area contributed by atoms with Gasteiger partial charge in [-0.2, -0.15) is 13.2 Å². The van der Waals surface area contributed by atoms with Gasteiger partial charge in [-0.3, -0.25) is 9.59 Å². The van der Waals surface area contributed by atoms with E-state index in [1.165, 1.54) is 23.9 Å². The van der Waals surface area contributed by atoms with Crippen molar-refractivity contribution >= 4 is 16.8 Å². The molecule has 19 heavy (non-hydrogen) atoms. The van der Waals surface area contributed by atoms with Crippen LogP contribution in [0.25, 0.3) is 10.9 Å². The van der Waals surface area contributed by atoms with E-state index in [0.717, 1.165) is 0 Å². The zero-order valence-corrected chi connectivity index (χ0v) is 9.84. The predicted molar refractivity (Wildman–Crippen MR) is 61.9 cm³/mol. The molecule has 0 radical (unpaired) electrons. The smallest absolute Gasteiger partial charge is 0.346 e. The first-order valence-corrected chi connectivity index (χ1v) is 5.31. The molecule has 0 aromatic carbocycles. The molecule has 2 heterocycles. The van der Waals surface area contributed by atoms with E-state index in [1.54, 1.807) is 11.4 Å². The Balaban J connectivity index is 2.29. The molecule has 0 fully saturated rings. The van der Waals surface area contributed by atoms with E-state index in [1.807, 2.05) is 0 Å². The Labute approximate surface area is 105 Å². The number of halogens is 3. The SMILES string of the molecule is Cn1ccc2cc(C(=O)NCC(F)(F)F)[nH]c2c1=O. The highest BCUT2D eigenvalue weighted by molar-refractivity contribution is 5.97. The summed E-state index contributed by atoms with van der Waals surface area (Å²) in [5.41, 5.74) is -0.253. The highest BCUT2D eigenvalue weighted by Gasteiger charge is 2.28. The molecule has 0 saturated carbocycles. The molecule has 0 spiro atoms. The van der Waals surface area contributed by atoms with E-state index in [9.17, 15) is 22.8 Å². The van der Waals surface area contributed by atoms with E-state index in [-0.39, 0.29) is 16.8 Å². The molecule has 0 atom stereocenters. The topological polar surface area (TPSA) is 66.9 Å². The fourth-order valence-corrected chi connectivity index (χ4v) is 1.61. The summed E-state index contributed by atoms with van der Waals surface area (Å²) in [5, 5.41) is 2.20. The number of carbonyl (C=O) groups is 1. The number of pyridine rings is 1. The lowest BCUT2D eigenvalue weighted by Crippen LogP contribution is -2.33. The summed E-state index contributed by atoms with van der Waals surface area (Å²) in [6.07, 6.45) is -2.96. The minimum absolute atomic E-state index is 0.0810. The van der Waals surface area contributed by atoms with Gasteiger partial charge < -0.3 is 14.9 Å². The van der Waals surface area contributed by atoms with Crippen LogP contribution in [0.4, 0.5) is 13.2 Å². The molecule has 0 aliphatic rings. The van der Waals surface area contributed by atoms with Gasteiger partial charge in [0.05, 0.1) is 0 Å². The predicted octanol–water partition coefficient (Wildman–Crippen LogP) is 1.16. The van der Waals surface area contributed by atoms with Crippen molar-refractivity contribution in [2.24, 2.45) is 7.05 Å². The Bertz CT molecular complexity index is 685. The van der Waals surface area contributed by atoms with Crippen molar-refractivity contribution in [3.05, 3.63) is 34.4 Å². The first-order chi connectivity index (χ1) is 8.78. The van der Waals surface area contributed by atoms with Gasteiger partial charge in [0.2, 0.25) is 0 Å². The maximum atomic E-state index is 12.0. The molecule has 0 unspecified atom stereocenters. The molecule has 0 aliphatic heterocycles. The number of hydrogen-bond donors (Lipinski definition) is 2. The van der Waals surface area contributed by atoms with Crippen LogP contribution < -0.4 is 10.9 Å². The zero-order chi connectivity index (χ0) is 14.2. The minimum atomic E-state index is -4.47. The van der Waals surface area contributed by atoms with E-state index >= 15 is 0 Å². The molecule has 8 heteroatoms. The van der Waals surface area contributed by atoms with E-state index < -0.39 is 18.6 Å². The normalized spacial score (nSPS) is 11.8.